The van der Waals surface area contributed by atoms with Crippen LogP contribution in [0, 0.1) is 0 Å². The van der Waals surface area contributed by atoms with Crippen LogP contribution in [0.25, 0.3) is 5.57 Å². The van der Waals surface area contributed by atoms with Crippen LogP contribution in [-0.4, -0.2) is 24.5 Å². The van der Waals surface area contributed by atoms with Crippen molar-refractivity contribution in [1.82, 2.24) is 4.90 Å². The van der Waals surface area contributed by atoms with Crippen LogP contribution in [0.2, 0.25) is 0 Å². The Kier molecular flexibility index (Phi) is 8.32. The standard InChI is InChI=1S/C25H27N.ClH/c1-21(20-22-12-6-3-7-13-22)26(2)19-18-25(23-14-8-4-9-15-23)24-16-10-5-11-17-24;/h3-18,21H,19-20H2,1-2H3;1H. The van der Waals surface area contributed by atoms with Crippen molar-refractivity contribution in [3.8, 4) is 0 Å². The SMILES string of the molecule is CC(Cc1ccccc1)N(C)CC=C(c1ccccc1)c1ccccc1.Cl. The van der Waals surface area contributed by atoms with Gasteiger partial charge >= 0.3 is 0 Å². The summed E-state index contributed by atoms with van der Waals surface area (Å²) in [5.74, 6) is 0. The summed E-state index contributed by atoms with van der Waals surface area (Å²) in [5.41, 5.74) is 5.22. The fourth-order valence-electron chi connectivity index (χ4n) is 3.16. The van der Waals surface area contributed by atoms with E-state index in [-0.39, 0.29) is 12.4 Å². The van der Waals surface area contributed by atoms with Crippen LogP contribution < -0.4 is 0 Å². The number of benzene rings is 3. The first-order valence-electron chi connectivity index (χ1n) is 9.29. The molecule has 1 atom stereocenters. The summed E-state index contributed by atoms with van der Waals surface area (Å²) in [6, 6.07) is 32.5. The minimum Gasteiger partial charge on any atom is -0.300 e. The summed E-state index contributed by atoms with van der Waals surface area (Å²) in [7, 11) is 2.21. The number of nitrogens with zero attached hydrogens (tertiary/aromatic N) is 1. The lowest BCUT2D eigenvalue weighted by molar-refractivity contribution is 0.283. The lowest BCUT2D eigenvalue weighted by Gasteiger charge is -2.24. The Morgan fingerprint density at radius 3 is 1.70 bits per heavy atom. The van der Waals surface area contributed by atoms with Gasteiger partial charge in [0.1, 0.15) is 0 Å². The largest absolute Gasteiger partial charge is 0.300 e. The maximum absolute atomic E-state index is 2.42. The maximum Gasteiger partial charge on any atom is 0.0172 e. The molecule has 0 fully saturated rings. The van der Waals surface area contributed by atoms with Crippen molar-refractivity contribution < 1.29 is 0 Å². The minimum atomic E-state index is 0. The highest BCUT2D eigenvalue weighted by atomic mass is 35.5. The van der Waals surface area contributed by atoms with Gasteiger partial charge in [0.15, 0.2) is 0 Å². The molecule has 3 aromatic carbocycles. The third-order valence-electron chi connectivity index (χ3n) is 4.88. The normalized spacial score (nSPS) is 11.5. The Morgan fingerprint density at radius 2 is 1.22 bits per heavy atom. The van der Waals surface area contributed by atoms with E-state index >= 15 is 0 Å². The molecule has 0 radical (unpaired) electrons. The van der Waals surface area contributed by atoms with Gasteiger partial charge in [-0.1, -0.05) is 97.1 Å². The van der Waals surface area contributed by atoms with Gasteiger partial charge in [0, 0.05) is 12.6 Å². The molecule has 0 aliphatic heterocycles. The van der Waals surface area contributed by atoms with E-state index in [2.05, 4.69) is 116 Å². The van der Waals surface area contributed by atoms with Gasteiger partial charge in [-0.2, -0.15) is 0 Å². The monoisotopic (exact) mass is 377 g/mol. The molecule has 1 nitrogen and oxygen atoms in total. The summed E-state index contributed by atoms with van der Waals surface area (Å²) in [4.78, 5) is 2.42. The van der Waals surface area contributed by atoms with Crippen molar-refractivity contribution in [2.24, 2.45) is 0 Å². The van der Waals surface area contributed by atoms with Crippen LogP contribution in [0.1, 0.15) is 23.6 Å². The molecule has 0 aromatic heterocycles. The average molecular weight is 378 g/mol. The van der Waals surface area contributed by atoms with Crippen molar-refractivity contribution in [3.63, 3.8) is 0 Å². The number of hydrogen-bond acceptors (Lipinski definition) is 1. The molecule has 27 heavy (non-hydrogen) atoms. The summed E-state index contributed by atoms with van der Waals surface area (Å²) in [6.45, 7) is 3.22. The second-order valence-electron chi connectivity index (χ2n) is 6.83. The lowest BCUT2D eigenvalue weighted by atomic mass is 9.97. The van der Waals surface area contributed by atoms with Crippen molar-refractivity contribution in [3.05, 3.63) is 114 Å². The molecule has 140 valence electrons. The second kappa shape index (κ2) is 10.7. The van der Waals surface area contributed by atoms with E-state index in [4.69, 9.17) is 0 Å². The first-order valence-corrected chi connectivity index (χ1v) is 9.29. The lowest BCUT2D eigenvalue weighted by Crippen LogP contribution is -2.31. The van der Waals surface area contributed by atoms with Crippen LogP contribution >= 0.6 is 12.4 Å². The molecule has 0 spiro atoms. The molecule has 0 heterocycles. The van der Waals surface area contributed by atoms with Gasteiger partial charge in [-0.25, -0.2) is 0 Å². The number of halogens is 1. The van der Waals surface area contributed by atoms with Crippen molar-refractivity contribution in [2.75, 3.05) is 13.6 Å². The topological polar surface area (TPSA) is 3.24 Å². The van der Waals surface area contributed by atoms with Gasteiger partial charge < -0.3 is 0 Å². The molecule has 0 saturated carbocycles. The van der Waals surface area contributed by atoms with Gasteiger partial charge in [-0.3, -0.25) is 4.90 Å². The van der Waals surface area contributed by atoms with Crippen LogP contribution in [-0.2, 0) is 6.42 Å². The summed E-state index contributed by atoms with van der Waals surface area (Å²) >= 11 is 0. The third kappa shape index (κ3) is 6.09. The summed E-state index contributed by atoms with van der Waals surface area (Å²) in [5, 5.41) is 0. The summed E-state index contributed by atoms with van der Waals surface area (Å²) in [6.07, 6.45) is 3.42. The Morgan fingerprint density at radius 1 is 0.778 bits per heavy atom. The highest BCUT2D eigenvalue weighted by Gasteiger charge is 2.10. The molecule has 0 N–H and O–H groups in total. The molecule has 0 amide bonds. The van der Waals surface area contributed by atoms with Gasteiger partial charge in [-0.05, 0) is 42.7 Å². The first-order chi connectivity index (χ1) is 12.7. The average Bonchev–Trinajstić information content (AvgIpc) is 2.70. The Bertz CT molecular complexity index is 771. The molecule has 3 rings (SSSR count). The zero-order valence-corrected chi connectivity index (χ0v) is 16.9. The molecular formula is C25H28ClN. The van der Waals surface area contributed by atoms with Gasteiger partial charge in [0.2, 0.25) is 0 Å². The molecular weight excluding hydrogens is 350 g/mol. The predicted octanol–water partition coefficient (Wildman–Crippen LogP) is 6.10. The quantitative estimate of drug-likeness (QED) is 0.480. The predicted molar refractivity (Wildman–Crippen MR) is 119 cm³/mol. The molecule has 2 heteroatoms. The van der Waals surface area contributed by atoms with E-state index in [0.29, 0.717) is 6.04 Å². The smallest absolute Gasteiger partial charge is 0.0172 e. The van der Waals surface area contributed by atoms with Crippen molar-refractivity contribution >= 4 is 18.0 Å². The zero-order chi connectivity index (χ0) is 18.2. The van der Waals surface area contributed by atoms with Crippen LogP contribution in [0.15, 0.2) is 97.1 Å². The summed E-state index contributed by atoms with van der Waals surface area (Å²) < 4.78 is 0. The van der Waals surface area contributed by atoms with Crippen molar-refractivity contribution in [2.45, 2.75) is 19.4 Å². The number of likely N-dealkylation sites (N-methyl/N-ethyl adjacent to an activating group) is 1. The van der Waals surface area contributed by atoms with Gasteiger partial charge in [0.25, 0.3) is 0 Å². The molecule has 0 saturated heterocycles. The number of hydrogen-bond donors (Lipinski definition) is 0. The fraction of sp³-hybridized carbons (Fsp3) is 0.200. The molecule has 1 unspecified atom stereocenters. The zero-order valence-electron chi connectivity index (χ0n) is 16.1. The van der Waals surface area contributed by atoms with Gasteiger partial charge in [-0.15, -0.1) is 12.4 Å². The second-order valence-corrected chi connectivity index (χ2v) is 6.83. The van der Waals surface area contributed by atoms with Crippen molar-refractivity contribution in [1.29, 1.82) is 0 Å². The van der Waals surface area contributed by atoms with Crippen LogP contribution in [0.5, 0.6) is 0 Å². The molecule has 0 aliphatic rings. The van der Waals surface area contributed by atoms with E-state index in [0.717, 1.165) is 13.0 Å². The Labute approximate surface area is 169 Å². The molecule has 0 bridgehead atoms. The molecule has 3 aromatic rings. The Balaban J connectivity index is 0.00000261. The maximum atomic E-state index is 2.42. The fourth-order valence-corrected chi connectivity index (χ4v) is 3.16. The Hall–Kier alpha value is -2.35. The highest BCUT2D eigenvalue weighted by Crippen LogP contribution is 2.23. The first kappa shape index (κ1) is 21.0. The van der Waals surface area contributed by atoms with E-state index in [9.17, 15) is 0 Å². The van der Waals surface area contributed by atoms with Crippen LogP contribution in [0.3, 0.4) is 0 Å². The minimum absolute atomic E-state index is 0. The van der Waals surface area contributed by atoms with E-state index < -0.39 is 0 Å². The van der Waals surface area contributed by atoms with Crippen LogP contribution in [0.4, 0.5) is 0 Å². The van der Waals surface area contributed by atoms with E-state index in [1.54, 1.807) is 0 Å². The third-order valence-corrected chi connectivity index (χ3v) is 4.88. The van der Waals surface area contributed by atoms with E-state index in [1.807, 2.05) is 0 Å². The van der Waals surface area contributed by atoms with Gasteiger partial charge in [0.05, 0.1) is 0 Å². The highest BCUT2D eigenvalue weighted by molar-refractivity contribution is 5.85. The molecule has 0 aliphatic carbocycles. The number of rotatable bonds is 7. The van der Waals surface area contributed by atoms with E-state index in [1.165, 1.54) is 22.3 Å².